The standard InChI is InChI=1S/C48H33N3O/c1-48(2)39-24-12-11-21-36(39)43-38(23-13-25-40(43)48)47-50-45(31-17-7-4-8-18-31)49-46(51-47)35-20-10-9-19-33(35)32-27-28-37-42(29-32)52-41-26-14-22-34(44(37)41)30-15-5-3-6-16-30/h3-29H,1-2H3. The highest BCUT2D eigenvalue weighted by Gasteiger charge is 2.37. The van der Waals surface area contributed by atoms with Crippen molar-refractivity contribution in [2.24, 2.45) is 0 Å². The Labute approximate surface area is 302 Å². The molecule has 246 valence electrons. The van der Waals surface area contributed by atoms with E-state index in [1.807, 2.05) is 30.3 Å². The first-order valence-electron chi connectivity index (χ1n) is 17.7. The van der Waals surface area contributed by atoms with Crippen molar-refractivity contribution in [1.29, 1.82) is 0 Å². The topological polar surface area (TPSA) is 51.8 Å². The number of hydrogen-bond acceptors (Lipinski definition) is 4. The van der Waals surface area contributed by atoms with Crippen LogP contribution in [0.4, 0.5) is 0 Å². The van der Waals surface area contributed by atoms with Gasteiger partial charge in [-0.3, -0.25) is 0 Å². The molecule has 0 unspecified atom stereocenters. The van der Waals surface area contributed by atoms with Gasteiger partial charge in [0.2, 0.25) is 0 Å². The van der Waals surface area contributed by atoms with Crippen LogP contribution in [0.1, 0.15) is 25.0 Å². The molecule has 0 atom stereocenters. The molecular formula is C48H33N3O. The molecular weight excluding hydrogens is 635 g/mol. The lowest BCUT2D eigenvalue weighted by Crippen LogP contribution is -2.14. The van der Waals surface area contributed by atoms with Crippen molar-refractivity contribution in [2.45, 2.75) is 19.3 Å². The summed E-state index contributed by atoms with van der Waals surface area (Å²) in [6.07, 6.45) is 0. The Balaban J connectivity index is 1.16. The summed E-state index contributed by atoms with van der Waals surface area (Å²) in [4.78, 5) is 15.6. The number of fused-ring (bicyclic) bond motifs is 6. The summed E-state index contributed by atoms with van der Waals surface area (Å²) < 4.78 is 6.52. The minimum Gasteiger partial charge on any atom is -0.456 e. The molecule has 2 aromatic heterocycles. The molecule has 0 bridgehead atoms. The Hall–Kier alpha value is -6.65. The van der Waals surface area contributed by atoms with E-state index in [4.69, 9.17) is 19.4 Å². The number of benzene rings is 7. The molecule has 52 heavy (non-hydrogen) atoms. The predicted molar refractivity (Wildman–Crippen MR) is 212 cm³/mol. The first-order valence-corrected chi connectivity index (χ1v) is 17.7. The minimum atomic E-state index is -0.135. The molecule has 0 fully saturated rings. The second kappa shape index (κ2) is 11.7. The van der Waals surface area contributed by atoms with E-state index in [9.17, 15) is 0 Å². The van der Waals surface area contributed by atoms with Crippen LogP contribution in [-0.4, -0.2) is 15.0 Å². The zero-order chi connectivity index (χ0) is 34.8. The van der Waals surface area contributed by atoms with Crippen LogP contribution in [0.5, 0.6) is 0 Å². The van der Waals surface area contributed by atoms with Crippen molar-refractivity contribution in [2.75, 3.05) is 0 Å². The van der Waals surface area contributed by atoms with Crippen molar-refractivity contribution < 1.29 is 4.42 Å². The molecule has 1 aliphatic carbocycles. The lowest BCUT2D eigenvalue weighted by Gasteiger charge is -2.21. The number of hydrogen-bond donors (Lipinski definition) is 0. The van der Waals surface area contributed by atoms with Crippen molar-refractivity contribution in [3.8, 4) is 67.5 Å². The first kappa shape index (κ1) is 30.2. The summed E-state index contributed by atoms with van der Waals surface area (Å²) in [5.74, 6) is 1.92. The van der Waals surface area contributed by atoms with Gasteiger partial charge < -0.3 is 4.42 Å². The second-order valence-corrected chi connectivity index (χ2v) is 14.0. The molecule has 0 radical (unpaired) electrons. The van der Waals surface area contributed by atoms with Gasteiger partial charge in [0, 0.05) is 32.9 Å². The second-order valence-electron chi connectivity index (χ2n) is 14.0. The molecule has 0 amide bonds. The van der Waals surface area contributed by atoms with E-state index in [0.717, 1.165) is 55.3 Å². The van der Waals surface area contributed by atoms with Crippen LogP contribution in [0.3, 0.4) is 0 Å². The fourth-order valence-corrected chi connectivity index (χ4v) is 8.06. The van der Waals surface area contributed by atoms with Gasteiger partial charge in [-0.1, -0.05) is 159 Å². The largest absolute Gasteiger partial charge is 0.456 e. The van der Waals surface area contributed by atoms with E-state index in [-0.39, 0.29) is 5.41 Å². The predicted octanol–water partition coefficient (Wildman–Crippen LogP) is 12.4. The maximum atomic E-state index is 6.52. The normalized spacial score (nSPS) is 13.0. The van der Waals surface area contributed by atoms with Gasteiger partial charge in [0.15, 0.2) is 17.5 Å². The van der Waals surface area contributed by atoms with Crippen molar-refractivity contribution in [3.05, 3.63) is 175 Å². The van der Waals surface area contributed by atoms with Gasteiger partial charge in [-0.25, -0.2) is 15.0 Å². The number of furan rings is 1. The number of rotatable bonds is 5. The summed E-state index contributed by atoms with van der Waals surface area (Å²) in [5.41, 5.74) is 13.9. The summed E-state index contributed by atoms with van der Waals surface area (Å²) >= 11 is 0. The Morgan fingerprint density at radius 2 is 0.981 bits per heavy atom. The van der Waals surface area contributed by atoms with Gasteiger partial charge in [0.05, 0.1) is 0 Å². The fraction of sp³-hybridized carbons (Fsp3) is 0.0625. The molecule has 9 aromatic rings. The molecule has 0 N–H and O–H groups in total. The van der Waals surface area contributed by atoms with E-state index in [2.05, 4.69) is 147 Å². The van der Waals surface area contributed by atoms with E-state index in [0.29, 0.717) is 17.5 Å². The van der Waals surface area contributed by atoms with Crippen molar-refractivity contribution in [3.63, 3.8) is 0 Å². The first-order chi connectivity index (χ1) is 25.5. The zero-order valence-electron chi connectivity index (χ0n) is 28.8. The highest BCUT2D eigenvalue weighted by atomic mass is 16.3. The molecule has 4 nitrogen and oxygen atoms in total. The molecule has 0 spiro atoms. The lowest BCUT2D eigenvalue weighted by molar-refractivity contribution is 0.660. The van der Waals surface area contributed by atoms with Crippen molar-refractivity contribution in [1.82, 2.24) is 15.0 Å². The third-order valence-corrected chi connectivity index (χ3v) is 10.6. The van der Waals surface area contributed by atoms with E-state index in [1.165, 1.54) is 27.8 Å². The van der Waals surface area contributed by atoms with Gasteiger partial charge in [-0.15, -0.1) is 0 Å². The Bertz CT molecular complexity index is 2820. The lowest BCUT2D eigenvalue weighted by atomic mass is 9.82. The molecule has 7 aromatic carbocycles. The quantitative estimate of drug-likeness (QED) is 0.183. The van der Waals surface area contributed by atoms with Crippen LogP contribution in [0.25, 0.3) is 89.5 Å². The van der Waals surface area contributed by atoms with Crippen molar-refractivity contribution >= 4 is 21.9 Å². The summed E-state index contributed by atoms with van der Waals surface area (Å²) in [6, 6.07) is 57.0. The Morgan fingerprint density at radius 1 is 0.404 bits per heavy atom. The summed E-state index contributed by atoms with van der Waals surface area (Å²) in [6.45, 7) is 4.60. The van der Waals surface area contributed by atoms with Crippen LogP contribution >= 0.6 is 0 Å². The van der Waals surface area contributed by atoms with E-state index in [1.54, 1.807) is 0 Å². The molecule has 1 aliphatic rings. The third kappa shape index (κ3) is 4.72. The van der Waals surface area contributed by atoms with Crippen LogP contribution in [0.2, 0.25) is 0 Å². The summed E-state index contributed by atoms with van der Waals surface area (Å²) in [5, 5.41) is 2.21. The average Bonchev–Trinajstić information content (AvgIpc) is 3.70. The highest BCUT2D eigenvalue weighted by Crippen LogP contribution is 2.51. The zero-order valence-corrected chi connectivity index (χ0v) is 28.8. The van der Waals surface area contributed by atoms with Gasteiger partial charge in [0.1, 0.15) is 11.2 Å². The Morgan fingerprint density at radius 3 is 1.77 bits per heavy atom. The average molecular weight is 668 g/mol. The Kier molecular flexibility index (Phi) is 6.80. The minimum absolute atomic E-state index is 0.135. The smallest absolute Gasteiger partial charge is 0.164 e. The number of aromatic nitrogens is 3. The molecule has 2 heterocycles. The van der Waals surface area contributed by atoms with E-state index < -0.39 is 0 Å². The molecule has 0 aliphatic heterocycles. The van der Waals surface area contributed by atoms with Crippen LogP contribution in [-0.2, 0) is 5.41 Å². The molecule has 0 saturated heterocycles. The molecule has 10 rings (SSSR count). The fourth-order valence-electron chi connectivity index (χ4n) is 8.06. The third-order valence-electron chi connectivity index (χ3n) is 10.6. The molecule has 0 saturated carbocycles. The van der Waals surface area contributed by atoms with Gasteiger partial charge in [0.25, 0.3) is 0 Å². The van der Waals surface area contributed by atoms with Crippen LogP contribution < -0.4 is 0 Å². The maximum Gasteiger partial charge on any atom is 0.164 e. The van der Waals surface area contributed by atoms with Crippen LogP contribution in [0, 0.1) is 0 Å². The van der Waals surface area contributed by atoms with Crippen LogP contribution in [0.15, 0.2) is 168 Å². The number of nitrogens with zero attached hydrogens (tertiary/aromatic N) is 3. The molecule has 4 heteroatoms. The monoisotopic (exact) mass is 667 g/mol. The van der Waals surface area contributed by atoms with E-state index >= 15 is 0 Å². The summed E-state index contributed by atoms with van der Waals surface area (Å²) in [7, 11) is 0. The maximum absolute atomic E-state index is 6.52. The SMILES string of the molecule is CC1(C)c2ccccc2-c2c(-c3nc(-c4ccccc4)nc(-c4ccccc4-c4ccc5c(c4)oc4cccc(-c6ccccc6)c45)n3)cccc21. The van der Waals surface area contributed by atoms with Gasteiger partial charge in [-0.05, 0) is 62.7 Å². The highest BCUT2D eigenvalue weighted by molar-refractivity contribution is 6.13. The van der Waals surface area contributed by atoms with Gasteiger partial charge >= 0.3 is 0 Å². The van der Waals surface area contributed by atoms with Gasteiger partial charge in [-0.2, -0.15) is 0 Å².